The Morgan fingerprint density at radius 2 is 1.70 bits per heavy atom. The van der Waals surface area contributed by atoms with Crippen LogP contribution >= 0.6 is 0 Å². The van der Waals surface area contributed by atoms with Gasteiger partial charge in [-0.3, -0.25) is 4.79 Å². The molecule has 0 saturated heterocycles. The minimum atomic E-state index is -0.643. The van der Waals surface area contributed by atoms with Crippen LogP contribution in [-0.2, 0) is 4.79 Å². The normalized spacial score (nSPS) is 50.4. The van der Waals surface area contributed by atoms with E-state index in [1.54, 1.807) is 0 Å². The fourth-order valence-corrected chi connectivity index (χ4v) is 8.76. The summed E-state index contributed by atoms with van der Waals surface area (Å²) in [6, 6.07) is 0. The predicted molar refractivity (Wildman–Crippen MR) is 107 cm³/mol. The molecule has 4 fully saturated rings. The van der Waals surface area contributed by atoms with Gasteiger partial charge in [-0.15, -0.1) is 0 Å². The van der Waals surface area contributed by atoms with Crippen molar-refractivity contribution in [1.29, 1.82) is 0 Å². The molecule has 0 radical (unpaired) electrons. The minimum Gasteiger partial charge on any atom is -0.481 e. The number of carboxylic acid groups (broad SMARTS) is 1. The summed E-state index contributed by atoms with van der Waals surface area (Å²) in [5, 5.41) is 19.3. The molecule has 4 aliphatic carbocycles. The second-order valence-corrected chi connectivity index (χ2v) is 11.2. The fraction of sp³-hybridized carbons (Fsp3) is 0.958. The minimum absolute atomic E-state index is 0.0561. The first kappa shape index (κ1) is 19.7. The molecule has 154 valence electrons. The number of aliphatic carboxylic acids is 1. The van der Waals surface area contributed by atoms with Crippen molar-refractivity contribution in [2.75, 3.05) is 0 Å². The molecule has 0 aromatic rings. The SMILES string of the molecule is C[C@H](CCC(=O)O)[C@H]1CC[C@H]2[C@@H]3CC[C@@H]4C[C@H](O)CC[C@]4(C)C3CC[C@]12C. The summed E-state index contributed by atoms with van der Waals surface area (Å²) in [7, 11) is 0. The van der Waals surface area contributed by atoms with Gasteiger partial charge in [-0.1, -0.05) is 20.8 Å². The van der Waals surface area contributed by atoms with E-state index in [1.807, 2.05) is 0 Å². The maximum absolute atomic E-state index is 11.0. The average molecular weight is 377 g/mol. The molecule has 0 heterocycles. The summed E-state index contributed by atoms with van der Waals surface area (Å²) in [4.78, 5) is 11.0. The summed E-state index contributed by atoms with van der Waals surface area (Å²) in [5.41, 5.74) is 0.882. The quantitative estimate of drug-likeness (QED) is 0.680. The molecule has 3 nitrogen and oxygen atoms in total. The van der Waals surface area contributed by atoms with Gasteiger partial charge < -0.3 is 10.2 Å². The van der Waals surface area contributed by atoms with Crippen LogP contribution in [-0.4, -0.2) is 22.3 Å². The Labute approximate surface area is 165 Å². The van der Waals surface area contributed by atoms with Crippen LogP contribution in [0.25, 0.3) is 0 Å². The van der Waals surface area contributed by atoms with Gasteiger partial charge in [0.05, 0.1) is 6.10 Å². The Kier molecular flexibility index (Phi) is 5.15. The Balaban J connectivity index is 1.51. The van der Waals surface area contributed by atoms with Crippen LogP contribution < -0.4 is 0 Å². The molecule has 0 amide bonds. The third-order valence-corrected chi connectivity index (χ3v) is 10.2. The third kappa shape index (κ3) is 3.16. The Hall–Kier alpha value is -0.570. The highest BCUT2D eigenvalue weighted by Crippen LogP contribution is 2.68. The zero-order valence-electron chi connectivity index (χ0n) is 17.6. The molecule has 0 bridgehead atoms. The van der Waals surface area contributed by atoms with E-state index in [1.165, 1.54) is 44.9 Å². The number of aliphatic hydroxyl groups is 1. The molecule has 27 heavy (non-hydrogen) atoms. The van der Waals surface area contributed by atoms with E-state index in [0.29, 0.717) is 29.1 Å². The number of hydrogen-bond donors (Lipinski definition) is 2. The highest BCUT2D eigenvalue weighted by atomic mass is 16.4. The van der Waals surface area contributed by atoms with E-state index in [9.17, 15) is 9.90 Å². The first-order valence-corrected chi connectivity index (χ1v) is 11.7. The number of rotatable bonds is 4. The Bertz CT molecular complexity index is 574. The number of carboxylic acids is 1. The van der Waals surface area contributed by atoms with Crippen LogP contribution in [0.4, 0.5) is 0 Å². The molecule has 4 aliphatic rings. The first-order chi connectivity index (χ1) is 12.8. The smallest absolute Gasteiger partial charge is 0.303 e. The topological polar surface area (TPSA) is 57.5 Å². The molecule has 9 atom stereocenters. The lowest BCUT2D eigenvalue weighted by Gasteiger charge is -2.61. The molecular formula is C24H40O3. The van der Waals surface area contributed by atoms with E-state index in [0.717, 1.165) is 42.9 Å². The van der Waals surface area contributed by atoms with Crippen LogP contribution in [0.3, 0.4) is 0 Å². The molecule has 0 spiro atoms. The number of aliphatic hydroxyl groups excluding tert-OH is 1. The summed E-state index contributed by atoms with van der Waals surface area (Å²) in [6.07, 6.45) is 12.4. The maximum Gasteiger partial charge on any atom is 0.303 e. The van der Waals surface area contributed by atoms with Gasteiger partial charge in [-0.25, -0.2) is 0 Å². The van der Waals surface area contributed by atoms with Crippen molar-refractivity contribution in [3.05, 3.63) is 0 Å². The number of fused-ring (bicyclic) bond motifs is 5. The van der Waals surface area contributed by atoms with Crippen LogP contribution in [0, 0.1) is 46.3 Å². The van der Waals surface area contributed by atoms with Gasteiger partial charge in [0.2, 0.25) is 0 Å². The fourth-order valence-electron chi connectivity index (χ4n) is 8.76. The lowest BCUT2D eigenvalue weighted by Crippen LogP contribution is -2.54. The van der Waals surface area contributed by atoms with Crippen molar-refractivity contribution in [3.63, 3.8) is 0 Å². The largest absolute Gasteiger partial charge is 0.481 e. The average Bonchev–Trinajstić information content (AvgIpc) is 2.97. The van der Waals surface area contributed by atoms with Gasteiger partial charge >= 0.3 is 5.97 Å². The number of carbonyl (C=O) groups is 1. The summed E-state index contributed by atoms with van der Waals surface area (Å²) in [5.74, 6) is 3.91. The Morgan fingerprint density at radius 3 is 2.44 bits per heavy atom. The van der Waals surface area contributed by atoms with E-state index >= 15 is 0 Å². The van der Waals surface area contributed by atoms with Crippen molar-refractivity contribution in [1.82, 2.24) is 0 Å². The van der Waals surface area contributed by atoms with Crippen molar-refractivity contribution < 1.29 is 15.0 Å². The van der Waals surface area contributed by atoms with Crippen molar-refractivity contribution in [3.8, 4) is 0 Å². The third-order valence-electron chi connectivity index (χ3n) is 10.2. The molecule has 0 aromatic heterocycles. The lowest BCUT2D eigenvalue weighted by atomic mass is 9.44. The highest BCUT2D eigenvalue weighted by Gasteiger charge is 2.60. The second-order valence-electron chi connectivity index (χ2n) is 11.2. The molecule has 4 saturated carbocycles. The van der Waals surface area contributed by atoms with E-state index in [-0.39, 0.29) is 6.10 Å². The van der Waals surface area contributed by atoms with Gasteiger partial charge in [0.15, 0.2) is 0 Å². The summed E-state index contributed by atoms with van der Waals surface area (Å²) in [6.45, 7) is 7.43. The molecule has 0 aliphatic heterocycles. The second kappa shape index (κ2) is 7.04. The molecular weight excluding hydrogens is 336 g/mol. The zero-order valence-corrected chi connectivity index (χ0v) is 17.6. The van der Waals surface area contributed by atoms with E-state index < -0.39 is 5.97 Å². The van der Waals surface area contributed by atoms with Crippen molar-refractivity contribution >= 4 is 5.97 Å². The molecule has 3 heteroatoms. The number of hydrogen-bond acceptors (Lipinski definition) is 2. The zero-order chi connectivity index (χ0) is 19.4. The van der Waals surface area contributed by atoms with Crippen molar-refractivity contribution in [2.24, 2.45) is 46.3 Å². The van der Waals surface area contributed by atoms with Gasteiger partial charge in [-0.05, 0) is 111 Å². The van der Waals surface area contributed by atoms with Gasteiger partial charge in [0.1, 0.15) is 0 Å². The highest BCUT2D eigenvalue weighted by molar-refractivity contribution is 5.66. The first-order valence-electron chi connectivity index (χ1n) is 11.7. The van der Waals surface area contributed by atoms with Crippen LogP contribution in [0.2, 0.25) is 0 Å². The van der Waals surface area contributed by atoms with Gasteiger partial charge in [0.25, 0.3) is 0 Å². The van der Waals surface area contributed by atoms with Crippen LogP contribution in [0.1, 0.15) is 91.4 Å². The van der Waals surface area contributed by atoms with Gasteiger partial charge in [-0.2, -0.15) is 0 Å². The molecule has 0 aromatic carbocycles. The van der Waals surface area contributed by atoms with E-state index in [4.69, 9.17) is 5.11 Å². The lowest BCUT2D eigenvalue weighted by molar-refractivity contribution is -0.138. The van der Waals surface area contributed by atoms with Crippen molar-refractivity contribution in [2.45, 2.75) is 97.5 Å². The predicted octanol–water partition coefficient (Wildman–Crippen LogP) is 5.51. The molecule has 1 unspecified atom stereocenters. The molecule has 4 rings (SSSR count). The van der Waals surface area contributed by atoms with Crippen LogP contribution in [0.15, 0.2) is 0 Å². The Morgan fingerprint density at radius 1 is 1.00 bits per heavy atom. The standard InChI is InChI=1S/C24H40O3/c1-15(4-9-22(26)27)19-7-8-20-18-6-5-16-14-17(25)10-12-23(16,2)21(18)11-13-24(19,20)3/h15-21,25H,4-14H2,1-3H3,(H,26,27)/t15-,16-,17-,18+,19-,20+,21?,23+,24-/m1/s1. The van der Waals surface area contributed by atoms with Crippen LogP contribution in [0.5, 0.6) is 0 Å². The maximum atomic E-state index is 11.0. The monoisotopic (exact) mass is 376 g/mol. The molecule has 2 N–H and O–H groups in total. The summed E-state index contributed by atoms with van der Waals surface area (Å²) >= 11 is 0. The van der Waals surface area contributed by atoms with E-state index in [2.05, 4.69) is 20.8 Å². The van der Waals surface area contributed by atoms with Gasteiger partial charge in [0, 0.05) is 6.42 Å². The summed E-state index contributed by atoms with van der Waals surface area (Å²) < 4.78 is 0.